The summed E-state index contributed by atoms with van der Waals surface area (Å²) in [7, 11) is 0. The van der Waals surface area contributed by atoms with Crippen molar-refractivity contribution in [3.05, 3.63) is 34.5 Å². The maximum absolute atomic E-state index is 14.0. The van der Waals surface area contributed by atoms with E-state index in [0.29, 0.717) is 22.2 Å². The molecule has 3 nitrogen and oxygen atoms in total. The quantitative estimate of drug-likeness (QED) is 0.910. The molecule has 2 rings (SSSR count). The molecule has 0 unspecified atom stereocenters. The lowest BCUT2D eigenvalue weighted by Gasteiger charge is -2.18. The average Bonchev–Trinajstić information content (AvgIpc) is 2.76. The summed E-state index contributed by atoms with van der Waals surface area (Å²) >= 11 is 1.14. The van der Waals surface area contributed by atoms with Gasteiger partial charge in [0.15, 0.2) is 0 Å². The maximum atomic E-state index is 14.0. The van der Waals surface area contributed by atoms with Gasteiger partial charge < -0.3 is 5.11 Å². The van der Waals surface area contributed by atoms with E-state index >= 15 is 0 Å². The van der Waals surface area contributed by atoms with E-state index in [1.54, 1.807) is 12.1 Å². The fourth-order valence-corrected chi connectivity index (χ4v) is 3.23. The second kappa shape index (κ2) is 5.67. The van der Waals surface area contributed by atoms with Crippen LogP contribution in [0.4, 0.5) is 4.39 Å². The molecule has 1 aromatic carbocycles. The first-order valence-electron chi connectivity index (χ1n) is 6.24. The Morgan fingerprint density at radius 1 is 1.37 bits per heavy atom. The number of carbonyl (C=O) groups is 1. The van der Waals surface area contributed by atoms with Crippen LogP contribution in [0.2, 0.25) is 0 Å². The van der Waals surface area contributed by atoms with Gasteiger partial charge in [0.25, 0.3) is 0 Å². The number of carboxylic acid groups (broad SMARTS) is 1. The number of hydrogen-bond acceptors (Lipinski definition) is 3. The molecule has 0 radical (unpaired) electrons. The summed E-state index contributed by atoms with van der Waals surface area (Å²) in [5, 5.41) is 9.74. The zero-order valence-corrected chi connectivity index (χ0v) is 11.8. The highest BCUT2D eigenvalue weighted by Gasteiger charge is 2.21. The third-order valence-corrected chi connectivity index (χ3v) is 4.42. The number of carboxylic acids is 1. The Kier molecular flexibility index (Phi) is 4.17. The van der Waals surface area contributed by atoms with Crippen LogP contribution in [0.1, 0.15) is 29.1 Å². The van der Waals surface area contributed by atoms with Gasteiger partial charge in [0.05, 0.1) is 0 Å². The Hall–Kier alpha value is -1.46. The fourth-order valence-electron chi connectivity index (χ4n) is 2.16. The number of aromatic carboxylic acids is 1. The van der Waals surface area contributed by atoms with Gasteiger partial charge in [-0.25, -0.2) is 9.18 Å². The summed E-state index contributed by atoms with van der Waals surface area (Å²) in [5.74, 6) is -1.33. The van der Waals surface area contributed by atoms with Gasteiger partial charge in [0, 0.05) is 22.2 Å². The standard InChI is InChI=1S/C14H16FNO2S/c1-3-16(4-2)8-9-12-10(15)6-5-7-11(12)19-13(9)14(17)18/h5-7H,3-4,8H2,1-2H3,(H,17,18). The van der Waals surface area contributed by atoms with E-state index in [1.165, 1.54) is 6.07 Å². The van der Waals surface area contributed by atoms with E-state index in [4.69, 9.17) is 0 Å². The minimum atomic E-state index is -0.984. The summed E-state index contributed by atoms with van der Waals surface area (Å²) in [4.78, 5) is 13.7. The zero-order chi connectivity index (χ0) is 14.0. The van der Waals surface area contributed by atoms with Gasteiger partial charge >= 0.3 is 5.97 Å². The van der Waals surface area contributed by atoms with Gasteiger partial charge in [0.1, 0.15) is 10.7 Å². The number of fused-ring (bicyclic) bond motifs is 1. The molecular formula is C14H16FNO2S. The van der Waals surface area contributed by atoms with Crippen LogP contribution in [0.5, 0.6) is 0 Å². The topological polar surface area (TPSA) is 40.5 Å². The molecule has 102 valence electrons. The Morgan fingerprint density at radius 3 is 2.63 bits per heavy atom. The molecule has 1 heterocycles. The van der Waals surface area contributed by atoms with E-state index in [1.807, 2.05) is 13.8 Å². The van der Waals surface area contributed by atoms with Gasteiger partial charge in [-0.1, -0.05) is 19.9 Å². The molecule has 5 heteroatoms. The van der Waals surface area contributed by atoms with Crippen molar-refractivity contribution < 1.29 is 14.3 Å². The molecule has 0 saturated carbocycles. The molecule has 0 bridgehead atoms. The highest BCUT2D eigenvalue weighted by molar-refractivity contribution is 7.21. The summed E-state index contributed by atoms with van der Waals surface area (Å²) in [6.07, 6.45) is 0. The van der Waals surface area contributed by atoms with Crippen molar-refractivity contribution in [1.82, 2.24) is 4.90 Å². The first-order valence-corrected chi connectivity index (χ1v) is 7.05. The first-order chi connectivity index (χ1) is 9.08. The molecule has 0 saturated heterocycles. The van der Waals surface area contributed by atoms with Crippen LogP contribution in [-0.2, 0) is 6.54 Å². The Balaban J connectivity index is 2.60. The number of benzene rings is 1. The zero-order valence-electron chi connectivity index (χ0n) is 10.9. The highest BCUT2D eigenvalue weighted by atomic mass is 32.1. The van der Waals surface area contributed by atoms with Gasteiger partial charge in [-0.15, -0.1) is 11.3 Å². The predicted octanol–water partition coefficient (Wildman–Crippen LogP) is 3.58. The molecule has 0 aliphatic heterocycles. The van der Waals surface area contributed by atoms with Crippen LogP contribution < -0.4 is 0 Å². The van der Waals surface area contributed by atoms with Crippen molar-refractivity contribution in [1.29, 1.82) is 0 Å². The number of thiophene rings is 1. The van der Waals surface area contributed by atoms with Crippen LogP contribution in [0.25, 0.3) is 10.1 Å². The highest BCUT2D eigenvalue weighted by Crippen LogP contribution is 2.34. The normalized spacial score (nSPS) is 11.4. The van der Waals surface area contributed by atoms with Gasteiger partial charge in [-0.3, -0.25) is 4.90 Å². The Labute approximate surface area is 115 Å². The van der Waals surface area contributed by atoms with Crippen molar-refractivity contribution in [3.8, 4) is 0 Å². The van der Waals surface area contributed by atoms with Crippen LogP contribution in [-0.4, -0.2) is 29.1 Å². The minimum absolute atomic E-state index is 0.243. The summed E-state index contributed by atoms with van der Waals surface area (Å²) in [5.41, 5.74) is 0.592. The minimum Gasteiger partial charge on any atom is -0.477 e. The smallest absolute Gasteiger partial charge is 0.346 e. The van der Waals surface area contributed by atoms with Crippen LogP contribution in [0.15, 0.2) is 18.2 Å². The van der Waals surface area contributed by atoms with E-state index in [-0.39, 0.29) is 10.7 Å². The van der Waals surface area contributed by atoms with E-state index in [0.717, 1.165) is 24.4 Å². The van der Waals surface area contributed by atoms with Gasteiger partial charge in [0.2, 0.25) is 0 Å². The molecule has 19 heavy (non-hydrogen) atoms. The number of nitrogens with zero attached hydrogens (tertiary/aromatic N) is 1. The van der Waals surface area contributed by atoms with Crippen molar-refractivity contribution in [3.63, 3.8) is 0 Å². The van der Waals surface area contributed by atoms with E-state index < -0.39 is 5.97 Å². The third kappa shape index (κ3) is 2.62. The molecule has 1 N–H and O–H groups in total. The summed E-state index contributed by atoms with van der Waals surface area (Å²) < 4.78 is 14.7. The largest absolute Gasteiger partial charge is 0.477 e. The third-order valence-electron chi connectivity index (χ3n) is 3.23. The fraction of sp³-hybridized carbons (Fsp3) is 0.357. The molecule has 0 aliphatic rings. The van der Waals surface area contributed by atoms with E-state index in [9.17, 15) is 14.3 Å². The molecular weight excluding hydrogens is 265 g/mol. The summed E-state index contributed by atoms with van der Waals surface area (Å²) in [6, 6.07) is 4.76. The molecule has 0 amide bonds. The van der Waals surface area contributed by atoms with Crippen LogP contribution >= 0.6 is 11.3 Å². The lowest BCUT2D eigenvalue weighted by atomic mass is 10.1. The Morgan fingerprint density at radius 2 is 2.05 bits per heavy atom. The average molecular weight is 281 g/mol. The Bertz CT molecular complexity index is 605. The van der Waals surface area contributed by atoms with Crippen LogP contribution in [0.3, 0.4) is 0 Å². The second-order valence-corrected chi connectivity index (χ2v) is 5.34. The predicted molar refractivity (Wildman–Crippen MR) is 75.4 cm³/mol. The molecule has 0 atom stereocenters. The van der Waals surface area contributed by atoms with Crippen LogP contribution in [0, 0.1) is 5.82 Å². The van der Waals surface area contributed by atoms with E-state index in [2.05, 4.69) is 4.90 Å². The number of hydrogen-bond donors (Lipinski definition) is 1. The summed E-state index contributed by atoms with van der Waals surface area (Å²) in [6.45, 7) is 6.10. The molecule has 1 aromatic heterocycles. The monoisotopic (exact) mass is 281 g/mol. The van der Waals surface area contributed by atoms with Crippen molar-refractivity contribution >= 4 is 27.4 Å². The van der Waals surface area contributed by atoms with Gasteiger partial charge in [-0.2, -0.15) is 0 Å². The number of halogens is 1. The van der Waals surface area contributed by atoms with Gasteiger partial charge in [-0.05, 0) is 25.2 Å². The maximum Gasteiger partial charge on any atom is 0.346 e. The lowest BCUT2D eigenvalue weighted by molar-refractivity contribution is 0.0700. The molecule has 0 spiro atoms. The first kappa shape index (κ1) is 14.0. The van der Waals surface area contributed by atoms with Crippen molar-refractivity contribution in [2.75, 3.05) is 13.1 Å². The lowest BCUT2D eigenvalue weighted by Crippen LogP contribution is -2.23. The molecule has 0 fully saturated rings. The number of rotatable bonds is 5. The SMILES string of the molecule is CCN(CC)Cc1c(C(=O)O)sc2cccc(F)c12. The van der Waals surface area contributed by atoms with Crippen molar-refractivity contribution in [2.45, 2.75) is 20.4 Å². The van der Waals surface area contributed by atoms with Crippen molar-refractivity contribution in [2.24, 2.45) is 0 Å². The molecule has 0 aliphatic carbocycles. The molecule has 2 aromatic rings. The second-order valence-electron chi connectivity index (χ2n) is 4.29.